The average Bonchev–Trinajstić information content (AvgIpc) is 3.05. The van der Waals surface area contributed by atoms with Gasteiger partial charge in [-0.2, -0.15) is 0 Å². The molecule has 0 fully saturated rings. The van der Waals surface area contributed by atoms with Gasteiger partial charge in [-0.15, -0.1) is 0 Å². The van der Waals surface area contributed by atoms with Gasteiger partial charge in [0.1, 0.15) is 6.54 Å². The molecule has 0 unspecified atom stereocenters. The summed E-state index contributed by atoms with van der Waals surface area (Å²) in [5.41, 5.74) is 0.586. The normalized spacial score (nSPS) is 11.4. The van der Waals surface area contributed by atoms with Gasteiger partial charge in [-0.3, -0.25) is 18.7 Å². The maximum Gasteiger partial charge on any atom is 0.324 e. The van der Waals surface area contributed by atoms with Gasteiger partial charge in [0.25, 0.3) is 21.7 Å². The predicted molar refractivity (Wildman–Crippen MR) is 120 cm³/mol. The second-order valence-corrected chi connectivity index (χ2v) is 9.51. The SMILES string of the molecule is CNC(=O)C(=O)c1cn(C)c2cc(N(CC(=O)O)S(=O)(=O)c3cc(Cl)cc(Cl)c3)ccc12. The number of aliphatic carboxylic acids is 1. The fourth-order valence-electron chi connectivity index (χ4n) is 3.19. The van der Waals surface area contributed by atoms with Crippen LogP contribution >= 0.6 is 23.2 Å². The molecule has 1 aromatic heterocycles. The predicted octanol–water partition coefficient (Wildman–Crippen LogP) is 2.69. The minimum absolute atomic E-state index is 0.0381. The highest BCUT2D eigenvalue weighted by Gasteiger charge is 2.29. The number of aromatic nitrogens is 1. The molecule has 3 aromatic rings. The Morgan fingerprint density at radius 2 is 1.72 bits per heavy atom. The number of sulfonamides is 1. The molecule has 0 bridgehead atoms. The van der Waals surface area contributed by atoms with Gasteiger partial charge in [0, 0.05) is 35.7 Å². The van der Waals surface area contributed by atoms with Crippen molar-refractivity contribution in [2.45, 2.75) is 4.90 Å². The number of Topliss-reactive ketones (excluding diaryl/α,β-unsaturated/α-hetero) is 1. The summed E-state index contributed by atoms with van der Waals surface area (Å²) in [7, 11) is -1.42. The fraction of sp³-hybridized carbons (Fsp3) is 0.150. The largest absolute Gasteiger partial charge is 0.480 e. The summed E-state index contributed by atoms with van der Waals surface area (Å²) in [6.07, 6.45) is 1.44. The van der Waals surface area contributed by atoms with Crippen molar-refractivity contribution >= 4 is 67.5 Å². The summed E-state index contributed by atoms with van der Waals surface area (Å²) >= 11 is 11.9. The Labute approximate surface area is 193 Å². The number of ketones is 1. The van der Waals surface area contributed by atoms with Crippen molar-refractivity contribution in [3.05, 3.63) is 58.2 Å². The first-order valence-electron chi connectivity index (χ1n) is 9.02. The highest BCUT2D eigenvalue weighted by Crippen LogP contribution is 2.31. The first-order valence-corrected chi connectivity index (χ1v) is 11.2. The van der Waals surface area contributed by atoms with Gasteiger partial charge in [0.2, 0.25) is 0 Å². The van der Waals surface area contributed by atoms with E-state index >= 15 is 0 Å². The van der Waals surface area contributed by atoms with Crippen LogP contribution in [0.4, 0.5) is 5.69 Å². The van der Waals surface area contributed by atoms with Crippen LogP contribution < -0.4 is 9.62 Å². The molecule has 3 rings (SSSR count). The van der Waals surface area contributed by atoms with Crippen molar-refractivity contribution in [2.75, 3.05) is 17.9 Å². The number of hydrogen-bond acceptors (Lipinski definition) is 5. The zero-order valence-corrected chi connectivity index (χ0v) is 19.1. The number of amides is 1. The van der Waals surface area contributed by atoms with Crippen molar-refractivity contribution in [3.63, 3.8) is 0 Å². The van der Waals surface area contributed by atoms with Crippen molar-refractivity contribution in [2.24, 2.45) is 7.05 Å². The van der Waals surface area contributed by atoms with E-state index < -0.39 is 34.2 Å². The topological polar surface area (TPSA) is 126 Å². The Hall–Kier alpha value is -3.08. The Kier molecular flexibility index (Phi) is 6.49. The molecule has 9 nitrogen and oxygen atoms in total. The van der Waals surface area contributed by atoms with E-state index in [1.54, 1.807) is 7.05 Å². The quantitative estimate of drug-likeness (QED) is 0.381. The van der Waals surface area contributed by atoms with Crippen LogP contribution in [0.2, 0.25) is 10.0 Å². The van der Waals surface area contributed by atoms with Crippen LogP contribution in [-0.4, -0.2) is 49.3 Å². The molecule has 12 heteroatoms. The number of hydrogen-bond donors (Lipinski definition) is 2. The van der Waals surface area contributed by atoms with Crippen LogP contribution in [0.15, 0.2) is 47.5 Å². The molecule has 2 N–H and O–H groups in total. The maximum atomic E-state index is 13.3. The number of rotatable bonds is 7. The van der Waals surface area contributed by atoms with E-state index in [2.05, 4.69) is 5.32 Å². The van der Waals surface area contributed by atoms with Gasteiger partial charge in [-0.05, 0) is 36.4 Å². The second-order valence-electron chi connectivity index (χ2n) is 6.77. The van der Waals surface area contributed by atoms with E-state index in [0.29, 0.717) is 15.2 Å². The molecular weight excluding hydrogens is 481 g/mol. The number of nitrogens with one attached hydrogen (secondary N) is 1. The number of carboxylic acids is 1. The van der Waals surface area contributed by atoms with Gasteiger partial charge >= 0.3 is 5.97 Å². The van der Waals surface area contributed by atoms with Crippen LogP contribution in [-0.2, 0) is 26.7 Å². The molecule has 1 heterocycles. The summed E-state index contributed by atoms with van der Waals surface area (Å²) in [5.74, 6) is -2.94. The Balaban J connectivity index is 2.17. The lowest BCUT2D eigenvalue weighted by molar-refractivity contribution is -0.135. The van der Waals surface area contributed by atoms with Crippen LogP contribution in [0.25, 0.3) is 10.9 Å². The monoisotopic (exact) mass is 497 g/mol. The summed E-state index contributed by atoms with van der Waals surface area (Å²) < 4.78 is 28.8. The minimum Gasteiger partial charge on any atom is -0.480 e. The molecule has 168 valence electrons. The maximum absolute atomic E-state index is 13.3. The minimum atomic E-state index is -4.36. The number of halogens is 2. The van der Waals surface area contributed by atoms with Crippen LogP contribution in [0, 0.1) is 0 Å². The van der Waals surface area contributed by atoms with E-state index in [4.69, 9.17) is 23.2 Å². The lowest BCUT2D eigenvalue weighted by Crippen LogP contribution is -2.35. The number of benzene rings is 2. The zero-order chi connectivity index (χ0) is 23.8. The first kappa shape index (κ1) is 23.6. The molecule has 0 saturated heterocycles. The first-order chi connectivity index (χ1) is 14.9. The van der Waals surface area contributed by atoms with Crippen LogP contribution in [0.1, 0.15) is 10.4 Å². The lowest BCUT2D eigenvalue weighted by Gasteiger charge is -2.23. The van der Waals surface area contributed by atoms with Gasteiger partial charge in [0.05, 0.1) is 21.7 Å². The molecule has 2 aromatic carbocycles. The molecule has 0 atom stereocenters. The Morgan fingerprint density at radius 1 is 1.09 bits per heavy atom. The van der Waals surface area contributed by atoms with E-state index in [1.165, 1.54) is 54.2 Å². The Bertz CT molecular complexity index is 1350. The standard InChI is InChI=1S/C20H17Cl2N3O6S/c1-23-20(29)19(28)16-9-24(2)17-8-13(3-4-15(16)17)25(10-18(26)27)32(30,31)14-6-11(21)5-12(22)7-14/h3-9H,10H2,1-2H3,(H,23,29)(H,26,27). The van der Waals surface area contributed by atoms with Gasteiger partial charge in [-0.25, -0.2) is 8.42 Å². The number of carboxylic acid groups (broad SMARTS) is 1. The highest BCUT2D eigenvalue weighted by atomic mass is 35.5. The van der Waals surface area contributed by atoms with E-state index in [1.807, 2.05) is 0 Å². The highest BCUT2D eigenvalue weighted by molar-refractivity contribution is 7.92. The van der Waals surface area contributed by atoms with Gasteiger partial charge in [-0.1, -0.05) is 23.2 Å². The number of nitrogens with zero attached hydrogens (tertiary/aromatic N) is 2. The van der Waals surface area contributed by atoms with Crippen LogP contribution in [0.3, 0.4) is 0 Å². The lowest BCUT2D eigenvalue weighted by atomic mass is 10.1. The van der Waals surface area contributed by atoms with Crippen molar-refractivity contribution in [1.82, 2.24) is 9.88 Å². The second kappa shape index (κ2) is 8.81. The summed E-state index contributed by atoms with van der Waals surface area (Å²) in [6.45, 7) is -0.869. The number of likely N-dealkylation sites (N-methyl/N-ethyl adjacent to an activating group) is 1. The van der Waals surface area contributed by atoms with E-state index in [9.17, 15) is 27.9 Å². The number of aryl methyl sites for hydroxylation is 1. The molecule has 0 aliphatic carbocycles. The summed E-state index contributed by atoms with van der Waals surface area (Å²) in [5, 5.41) is 12.2. The van der Waals surface area contributed by atoms with Gasteiger partial charge in [0.15, 0.2) is 0 Å². The van der Waals surface area contributed by atoms with Crippen molar-refractivity contribution < 1.29 is 27.9 Å². The number of anilines is 1. The molecule has 0 spiro atoms. The smallest absolute Gasteiger partial charge is 0.324 e. The zero-order valence-electron chi connectivity index (χ0n) is 16.8. The van der Waals surface area contributed by atoms with E-state index in [0.717, 1.165) is 0 Å². The summed E-state index contributed by atoms with van der Waals surface area (Å²) in [4.78, 5) is 35.3. The molecule has 32 heavy (non-hydrogen) atoms. The molecule has 1 amide bonds. The van der Waals surface area contributed by atoms with Gasteiger partial charge < -0.3 is 15.0 Å². The average molecular weight is 498 g/mol. The number of carbonyl (C=O) groups excluding carboxylic acids is 2. The molecule has 0 aliphatic rings. The fourth-order valence-corrected chi connectivity index (χ4v) is 5.32. The van der Waals surface area contributed by atoms with E-state index in [-0.39, 0.29) is 26.2 Å². The Morgan fingerprint density at radius 3 is 2.28 bits per heavy atom. The molecule has 0 saturated carbocycles. The number of carbonyl (C=O) groups is 3. The third kappa shape index (κ3) is 4.43. The third-order valence-corrected chi connectivity index (χ3v) is 6.83. The van der Waals surface area contributed by atoms with Crippen molar-refractivity contribution in [3.8, 4) is 0 Å². The van der Waals surface area contributed by atoms with Crippen molar-refractivity contribution in [1.29, 1.82) is 0 Å². The summed E-state index contributed by atoms with van der Waals surface area (Å²) in [6, 6.07) is 7.91. The molecule has 0 aliphatic heterocycles. The third-order valence-electron chi connectivity index (χ3n) is 4.64. The van der Waals surface area contributed by atoms with Crippen LogP contribution in [0.5, 0.6) is 0 Å². The molecular formula is C20H17Cl2N3O6S. The molecule has 0 radical (unpaired) electrons. The number of fused-ring (bicyclic) bond motifs is 1.